The van der Waals surface area contributed by atoms with Crippen LogP contribution in [-0.4, -0.2) is 23.5 Å². The Morgan fingerprint density at radius 2 is 1.16 bits per heavy atom. The molecule has 0 aliphatic rings. The van der Waals surface area contributed by atoms with Gasteiger partial charge in [-0.3, -0.25) is 4.57 Å². The first-order valence-electron chi connectivity index (χ1n) is 6.42. The van der Waals surface area contributed by atoms with Gasteiger partial charge >= 0.3 is 27.8 Å². The molecular weight excluding hydrogens is 434 g/mol. The van der Waals surface area contributed by atoms with Crippen molar-refractivity contribution >= 4 is 51.0 Å². The zero-order chi connectivity index (χ0) is 18.9. The molecule has 0 saturated carbocycles. The number of rotatable bonds is 6. The molecule has 2 rings (SSSR count). The highest BCUT2D eigenvalue weighted by Crippen LogP contribution is 2.49. The molecule has 2 aromatic carbocycles. The Morgan fingerprint density at radius 3 is 1.48 bits per heavy atom. The molecule has 0 aliphatic heterocycles. The number of benzene rings is 2. The summed E-state index contributed by atoms with van der Waals surface area (Å²) in [7, 11) is -13.7. The molecule has 0 aliphatic carbocycles. The predicted molar refractivity (Wildman–Crippen MR) is 93.0 cm³/mol. The zero-order valence-electron chi connectivity index (χ0n) is 12.5. The average Bonchev–Trinajstić information content (AvgIpc) is 2.45. The molecule has 12 heteroatoms. The van der Waals surface area contributed by atoms with Crippen LogP contribution in [0.2, 0.25) is 10.0 Å². The van der Waals surface area contributed by atoms with Gasteiger partial charge in [0.05, 0.1) is 9.79 Å². The standard InChI is InChI=1S/C13H11Cl2O7PS2/c1-23(16,21-24(17,18)12-6-2-4-10(14)8-12)22-25(19,20)13-7-3-5-11(15)9-13/h2-9H,1H3. The molecule has 0 saturated heterocycles. The first-order valence-corrected chi connectivity index (χ1v) is 12.0. The summed E-state index contributed by atoms with van der Waals surface area (Å²) in [5.41, 5.74) is 0. The normalized spacial score (nSPS) is 12.9. The summed E-state index contributed by atoms with van der Waals surface area (Å²) in [6.45, 7) is 0.719. The van der Waals surface area contributed by atoms with E-state index in [4.69, 9.17) is 23.2 Å². The van der Waals surface area contributed by atoms with Crippen LogP contribution in [0.3, 0.4) is 0 Å². The number of halogens is 2. The van der Waals surface area contributed by atoms with E-state index in [0.29, 0.717) is 0 Å². The van der Waals surface area contributed by atoms with Crippen LogP contribution in [0.25, 0.3) is 0 Å². The zero-order valence-corrected chi connectivity index (χ0v) is 16.5. The second-order valence-electron chi connectivity index (χ2n) is 4.74. The third kappa shape index (κ3) is 5.52. The van der Waals surface area contributed by atoms with Crippen molar-refractivity contribution in [3.63, 3.8) is 0 Å². The molecule has 2 aromatic rings. The van der Waals surface area contributed by atoms with E-state index in [0.717, 1.165) is 30.9 Å². The highest BCUT2D eigenvalue weighted by molar-refractivity contribution is 7.95. The Bertz CT molecular complexity index is 970. The van der Waals surface area contributed by atoms with Crippen LogP contribution >= 0.6 is 30.8 Å². The van der Waals surface area contributed by atoms with E-state index in [1.54, 1.807) is 0 Å². The molecule has 0 bridgehead atoms. The maximum absolute atomic E-state index is 12.3. The largest absolute Gasteiger partial charge is 0.357 e. The van der Waals surface area contributed by atoms with Crippen LogP contribution in [0, 0.1) is 0 Å². The van der Waals surface area contributed by atoms with Crippen molar-refractivity contribution in [3.8, 4) is 0 Å². The number of hydrogen-bond acceptors (Lipinski definition) is 7. The SMILES string of the molecule is CP(=O)(OS(=O)(=O)c1cccc(Cl)c1)OS(=O)(=O)c1cccc(Cl)c1. The van der Waals surface area contributed by atoms with Crippen LogP contribution in [0.5, 0.6) is 0 Å². The van der Waals surface area contributed by atoms with Gasteiger partial charge in [-0.1, -0.05) is 35.3 Å². The molecule has 25 heavy (non-hydrogen) atoms. The monoisotopic (exact) mass is 444 g/mol. The first-order chi connectivity index (χ1) is 11.4. The van der Waals surface area contributed by atoms with Crippen LogP contribution in [0.1, 0.15) is 0 Å². The molecule has 136 valence electrons. The van der Waals surface area contributed by atoms with E-state index >= 15 is 0 Å². The summed E-state index contributed by atoms with van der Waals surface area (Å²) < 4.78 is 69.8. The quantitative estimate of drug-likeness (QED) is 0.621. The highest BCUT2D eigenvalue weighted by Gasteiger charge is 2.34. The summed E-state index contributed by atoms with van der Waals surface area (Å²) in [6, 6.07) is 9.92. The van der Waals surface area contributed by atoms with Gasteiger partial charge in [0.1, 0.15) is 0 Å². The minimum absolute atomic E-state index is 0.100. The smallest absolute Gasteiger partial charge is 0.258 e. The summed E-state index contributed by atoms with van der Waals surface area (Å²) >= 11 is 11.4. The van der Waals surface area contributed by atoms with Gasteiger partial charge in [-0.05, 0) is 36.4 Å². The topological polar surface area (TPSA) is 104 Å². The summed E-state index contributed by atoms with van der Waals surface area (Å²) in [5.74, 6) is 0. The third-order valence-corrected chi connectivity index (χ3v) is 8.51. The van der Waals surface area contributed by atoms with Gasteiger partial charge in [0.15, 0.2) is 0 Å². The lowest BCUT2D eigenvalue weighted by Crippen LogP contribution is -2.10. The molecule has 7 nitrogen and oxygen atoms in total. The van der Waals surface area contributed by atoms with E-state index < -0.39 is 37.6 Å². The molecule has 0 aromatic heterocycles. The summed E-state index contributed by atoms with van der Waals surface area (Å²) in [6.07, 6.45) is 0. The minimum Gasteiger partial charge on any atom is -0.258 e. The van der Waals surface area contributed by atoms with Gasteiger partial charge < -0.3 is 0 Å². The van der Waals surface area contributed by atoms with Crippen LogP contribution in [-0.2, 0) is 32.7 Å². The molecule has 0 heterocycles. The van der Waals surface area contributed by atoms with Crippen molar-refractivity contribution in [1.82, 2.24) is 0 Å². The van der Waals surface area contributed by atoms with Crippen LogP contribution in [0.15, 0.2) is 58.3 Å². The third-order valence-electron chi connectivity index (χ3n) is 2.64. The lowest BCUT2D eigenvalue weighted by atomic mass is 10.4. The Kier molecular flexibility index (Phi) is 6.00. The van der Waals surface area contributed by atoms with Crippen molar-refractivity contribution in [2.24, 2.45) is 0 Å². The molecular formula is C13H11Cl2O7PS2. The lowest BCUT2D eigenvalue weighted by molar-refractivity contribution is 0.386. The van der Waals surface area contributed by atoms with Gasteiger partial charge in [0.2, 0.25) is 0 Å². The van der Waals surface area contributed by atoms with Gasteiger partial charge in [0, 0.05) is 16.7 Å². The Morgan fingerprint density at radius 1 is 0.800 bits per heavy atom. The van der Waals surface area contributed by atoms with Gasteiger partial charge in [0.25, 0.3) is 0 Å². The molecule has 0 radical (unpaired) electrons. The fraction of sp³-hybridized carbons (Fsp3) is 0.0769. The molecule has 0 N–H and O–H groups in total. The molecule has 0 spiro atoms. The van der Waals surface area contributed by atoms with Crippen molar-refractivity contribution in [3.05, 3.63) is 58.6 Å². The van der Waals surface area contributed by atoms with Crippen molar-refractivity contribution < 1.29 is 29.3 Å². The first kappa shape index (κ1) is 20.4. The van der Waals surface area contributed by atoms with E-state index in [1.807, 2.05) is 0 Å². The average molecular weight is 445 g/mol. The maximum atomic E-state index is 12.3. The molecule has 0 amide bonds. The highest BCUT2D eigenvalue weighted by atomic mass is 35.5. The van der Waals surface area contributed by atoms with Crippen molar-refractivity contribution in [2.45, 2.75) is 9.79 Å². The van der Waals surface area contributed by atoms with Gasteiger partial charge in [-0.2, -0.15) is 24.8 Å². The lowest BCUT2D eigenvalue weighted by Gasteiger charge is -2.14. The van der Waals surface area contributed by atoms with E-state index in [2.05, 4.69) is 7.94 Å². The Balaban J connectivity index is 2.29. The summed E-state index contributed by atoms with van der Waals surface area (Å²) in [4.78, 5) is -0.795. The van der Waals surface area contributed by atoms with E-state index in [-0.39, 0.29) is 10.0 Å². The van der Waals surface area contributed by atoms with E-state index in [1.165, 1.54) is 24.3 Å². The molecule has 0 fully saturated rings. The van der Waals surface area contributed by atoms with Crippen LogP contribution < -0.4 is 0 Å². The fourth-order valence-corrected chi connectivity index (χ4v) is 7.11. The van der Waals surface area contributed by atoms with Gasteiger partial charge in [-0.25, -0.2) is 0 Å². The van der Waals surface area contributed by atoms with Crippen LogP contribution in [0.4, 0.5) is 0 Å². The van der Waals surface area contributed by atoms with Crippen molar-refractivity contribution in [2.75, 3.05) is 6.66 Å². The van der Waals surface area contributed by atoms with Crippen molar-refractivity contribution in [1.29, 1.82) is 0 Å². The molecule has 0 unspecified atom stereocenters. The van der Waals surface area contributed by atoms with E-state index in [9.17, 15) is 21.4 Å². The predicted octanol–water partition coefficient (Wildman–Crippen LogP) is 3.93. The molecule has 0 atom stereocenters. The number of hydrogen-bond donors (Lipinski definition) is 0. The maximum Gasteiger partial charge on any atom is 0.357 e. The Hall–Kier alpha value is -0.930. The van der Waals surface area contributed by atoms with Gasteiger partial charge in [-0.15, -0.1) is 0 Å². The Labute approximate surface area is 155 Å². The minimum atomic E-state index is -4.57. The fourth-order valence-electron chi connectivity index (χ4n) is 1.70. The second-order valence-corrected chi connectivity index (χ2v) is 11.1. The second kappa shape index (κ2) is 7.36. The summed E-state index contributed by atoms with van der Waals surface area (Å²) in [5, 5.41) is 0.200.